The lowest BCUT2D eigenvalue weighted by Crippen LogP contribution is -2.35. The number of nitrogens with zero attached hydrogens (tertiary/aromatic N) is 1. The lowest BCUT2D eigenvalue weighted by atomic mass is 10.0. The van der Waals surface area contributed by atoms with Gasteiger partial charge in [-0.1, -0.05) is 0 Å². The van der Waals surface area contributed by atoms with Crippen molar-refractivity contribution in [2.24, 2.45) is 5.92 Å². The van der Waals surface area contributed by atoms with Crippen molar-refractivity contribution in [1.29, 1.82) is 0 Å². The summed E-state index contributed by atoms with van der Waals surface area (Å²) in [5.41, 5.74) is 2.56. The normalized spacial score (nSPS) is 19.8. The first kappa shape index (κ1) is 19.6. The van der Waals surface area contributed by atoms with Crippen molar-refractivity contribution in [3.05, 3.63) is 65.4 Å². The average Bonchev–Trinajstić information content (AvgIpc) is 3.26. The number of aromatic amines is 1. The lowest BCUT2D eigenvalue weighted by molar-refractivity contribution is -0.151. The molecule has 2 atom stereocenters. The van der Waals surface area contributed by atoms with E-state index < -0.39 is 23.9 Å². The molecule has 0 bridgehead atoms. The number of esters is 1. The number of fused-ring (bicyclic) bond motifs is 1. The van der Waals surface area contributed by atoms with E-state index in [1.807, 2.05) is 6.07 Å². The molecule has 4 rings (SSSR count). The Hall–Kier alpha value is -3.68. The van der Waals surface area contributed by atoms with Gasteiger partial charge < -0.3 is 19.8 Å². The summed E-state index contributed by atoms with van der Waals surface area (Å²) in [6, 6.07) is 7.84. The Morgan fingerprint density at radius 1 is 1.40 bits per heavy atom. The number of carbonyl (C=O) groups excluding carboxylic acids is 2. The van der Waals surface area contributed by atoms with Gasteiger partial charge in [0.05, 0.1) is 6.61 Å². The van der Waals surface area contributed by atoms with Crippen LogP contribution in [-0.2, 0) is 19.1 Å². The summed E-state index contributed by atoms with van der Waals surface area (Å²) in [7, 11) is 0. The SMILES string of the molecule is CCOC(=O)C1C(=O)/C(=C/c2c[nH]c3ncccc23)OC1Nc1ccc(F)cc1C. The Morgan fingerprint density at radius 3 is 3.00 bits per heavy atom. The van der Waals surface area contributed by atoms with E-state index in [9.17, 15) is 14.0 Å². The average molecular weight is 409 g/mol. The van der Waals surface area contributed by atoms with Crippen LogP contribution in [0.5, 0.6) is 0 Å². The number of benzene rings is 1. The van der Waals surface area contributed by atoms with E-state index in [2.05, 4.69) is 15.3 Å². The molecule has 30 heavy (non-hydrogen) atoms. The van der Waals surface area contributed by atoms with Crippen LogP contribution in [0.4, 0.5) is 10.1 Å². The Morgan fingerprint density at radius 2 is 2.23 bits per heavy atom. The molecule has 0 amide bonds. The third kappa shape index (κ3) is 3.63. The molecule has 0 spiro atoms. The number of hydrogen-bond acceptors (Lipinski definition) is 6. The molecule has 154 valence electrons. The highest BCUT2D eigenvalue weighted by molar-refractivity contribution is 6.12. The maximum absolute atomic E-state index is 13.4. The van der Waals surface area contributed by atoms with Crippen LogP contribution in [-0.4, -0.2) is 34.6 Å². The van der Waals surface area contributed by atoms with E-state index in [0.29, 0.717) is 22.5 Å². The van der Waals surface area contributed by atoms with Gasteiger partial charge in [0.1, 0.15) is 11.5 Å². The highest BCUT2D eigenvalue weighted by Crippen LogP contribution is 2.32. The number of rotatable bonds is 5. The fourth-order valence-corrected chi connectivity index (χ4v) is 3.41. The molecule has 1 aromatic carbocycles. The van der Waals surface area contributed by atoms with Gasteiger partial charge in [-0.05, 0) is 55.8 Å². The fraction of sp³-hybridized carbons (Fsp3) is 0.227. The molecule has 7 nitrogen and oxygen atoms in total. The summed E-state index contributed by atoms with van der Waals surface area (Å²) in [6.07, 6.45) is 3.98. The minimum absolute atomic E-state index is 0.0371. The van der Waals surface area contributed by atoms with Gasteiger partial charge in [-0.15, -0.1) is 0 Å². The zero-order valence-electron chi connectivity index (χ0n) is 16.4. The summed E-state index contributed by atoms with van der Waals surface area (Å²) < 4.78 is 24.3. The number of ether oxygens (including phenoxy) is 2. The van der Waals surface area contributed by atoms with E-state index >= 15 is 0 Å². The molecule has 0 radical (unpaired) electrons. The van der Waals surface area contributed by atoms with Gasteiger partial charge in [0, 0.05) is 29.0 Å². The standard InChI is InChI=1S/C22H20FN3O4/c1-3-29-22(28)18-19(27)17(10-13-11-25-20-15(13)5-4-8-24-20)30-21(18)26-16-7-6-14(23)9-12(16)2/h4-11,18,21,26H,3H2,1-2H3,(H,24,25)/b17-10-. The second-order valence-electron chi connectivity index (χ2n) is 6.89. The molecule has 0 saturated carbocycles. The van der Waals surface area contributed by atoms with Crippen molar-refractivity contribution < 1.29 is 23.5 Å². The number of nitrogens with one attached hydrogen (secondary N) is 2. The largest absolute Gasteiger partial charge is 0.466 e. The van der Waals surface area contributed by atoms with Gasteiger partial charge in [0.25, 0.3) is 0 Å². The van der Waals surface area contributed by atoms with Gasteiger partial charge in [0.2, 0.25) is 5.78 Å². The minimum atomic E-state index is -1.18. The number of H-pyrrole nitrogens is 1. The highest BCUT2D eigenvalue weighted by Gasteiger charge is 2.47. The van der Waals surface area contributed by atoms with Crippen LogP contribution in [0.3, 0.4) is 0 Å². The minimum Gasteiger partial charge on any atom is -0.466 e. The molecule has 1 aliphatic heterocycles. The molecule has 1 saturated heterocycles. The van der Waals surface area contributed by atoms with Gasteiger partial charge in [-0.3, -0.25) is 9.59 Å². The number of allylic oxidation sites excluding steroid dienone is 1. The van der Waals surface area contributed by atoms with E-state index in [4.69, 9.17) is 9.47 Å². The summed E-state index contributed by atoms with van der Waals surface area (Å²) in [6.45, 7) is 3.52. The second kappa shape index (κ2) is 7.98. The smallest absolute Gasteiger partial charge is 0.322 e. The number of halogens is 1. The number of aryl methyl sites for hydroxylation is 1. The zero-order valence-corrected chi connectivity index (χ0v) is 16.4. The Bertz CT molecular complexity index is 1150. The quantitative estimate of drug-likeness (QED) is 0.380. The van der Waals surface area contributed by atoms with Crippen LogP contribution in [0.25, 0.3) is 17.1 Å². The number of anilines is 1. The number of Topliss-reactive ketones (excluding diaryl/α,β-unsaturated/α-hetero) is 1. The van der Waals surface area contributed by atoms with Crippen LogP contribution < -0.4 is 5.32 Å². The van der Waals surface area contributed by atoms with Gasteiger partial charge in [0.15, 0.2) is 17.9 Å². The Kier molecular flexibility index (Phi) is 5.22. The van der Waals surface area contributed by atoms with Crippen LogP contribution in [0.1, 0.15) is 18.1 Å². The van der Waals surface area contributed by atoms with Crippen LogP contribution in [0.2, 0.25) is 0 Å². The van der Waals surface area contributed by atoms with Gasteiger partial charge >= 0.3 is 5.97 Å². The molecule has 2 unspecified atom stereocenters. The van der Waals surface area contributed by atoms with E-state index in [1.165, 1.54) is 18.2 Å². The summed E-state index contributed by atoms with van der Waals surface area (Å²) in [5.74, 6) is -2.68. The number of ketones is 1. The first-order valence-corrected chi connectivity index (χ1v) is 9.52. The van der Waals surface area contributed by atoms with Crippen molar-refractivity contribution in [3.8, 4) is 0 Å². The summed E-state index contributed by atoms with van der Waals surface area (Å²) in [4.78, 5) is 32.7. The summed E-state index contributed by atoms with van der Waals surface area (Å²) in [5, 5.41) is 3.85. The van der Waals surface area contributed by atoms with E-state index in [0.717, 1.165) is 5.39 Å². The summed E-state index contributed by atoms with van der Waals surface area (Å²) >= 11 is 0. The molecular formula is C22H20FN3O4. The maximum Gasteiger partial charge on any atom is 0.322 e. The molecule has 0 aliphatic carbocycles. The molecule has 8 heteroatoms. The third-order valence-corrected chi connectivity index (χ3v) is 4.88. The van der Waals surface area contributed by atoms with Crippen molar-refractivity contribution in [3.63, 3.8) is 0 Å². The van der Waals surface area contributed by atoms with E-state index in [-0.39, 0.29) is 18.2 Å². The number of pyridine rings is 1. The number of carbonyl (C=O) groups is 2. The van der Waals surface area contributed by atoms with Crippen molar-refractivity contribution in [2.75, 3.05) is 11.9 Å². The number of aromatic nitrogens is 2. The van der Waals surface area contributed by atoms with Crippen molar-refractivity contribution in [2.45, 2.75) is 20.1 Å². The molecule has 2 N–H and O–H groups in total. The molecular weight excluding hydrogens is 389 g/mol. The lowest BCUT2D eigenvalue weighted by Gasteiger charge is -2.19. The fourth-order valence-electron chi connectivity index (χ4n) is 3.41. The zero-order chi connectivity index (χ0) is 21.3. The van der Waals surface area contributed by atoms with Crippen LogP contribution >= 0.6 is 0 Å². The van der Waals surface area contributed by atoms with Gasteiger partial charge in [-0.25, -0.2) is 9.37 Å². The molecule has 1 aliphatic rings. The third-order valence-electron chi connectivity index (χ3n) is 4.88. The Balaban J connectivity index is 1.68. The predicted molar refractivity (Wildman–Crippen MR) is 109 cm³/mol. The monoisotopic (exact) mass is 409 g/mol. The van der Waals surface area contributed by atoms with Crippen molar-refractivity contribution in [1.82, 2.24) is 9.97 Å². The number of hydrogen-bond donors (Lipinski definition) is 2. The predicted octanol–water partition coefficient (Wildman–Crippen LogP) is 3.57. The maximum atomic E-state index is 13.4. The Labute approximate surface area is 171 Å². The van der Waals surface area contributed by atoms with Crippen LogP contribution in [0, 0.1) is 18.7 Å². The highest BCUT2D eigenvalue weighted by atomic mass is 19.1. The molecule has 3 heterocycles. The molecule has 2 aromatic heterocycles. The van der Waals surface area contributed by atoms with Crippen LogP contribution in [0.15, 0.2) is 48.5 Å². The molecule has 3 aromatic rings. The van der Waals surface area contributed by atoms with Crippen molar-refractivity contribution >= 4 is 34.5 Å². The topological polar surface area (TPSA) is 93.3 Å². The first-order valence-electron chi connectivity index (χ1n) is 9.52. The molecule has 1 fully saturated rings. The first-order chi connectivity index (χ1) is 14.5. The van der Waals surface area contributed by atoms with E-state index in [1.54, 1.807) is 38.4 Å². The second-order valence-corrected chi connectivity index (χ2v) is 6.89. The van der Waals surface area contributed by atoms with Gasteiger partial charge in [-0.2, -0.15) is 0 Å².